The molecule has 1 aliphatic heterocycles. The summed E-state index contributed by atoms with van der Waals surface area (Å²) in [6.45, 7) is 5.53. The molecule has 27 heavy (non-hydrogen) atoms. The second-order valence-corrected chi connectivity index (χ2v) is 8.44. The fraction of sp³-hybridized carbons (Fsp3) is 0.364. The number of hydrogen-bond acceptors (Lipinski definition) is 3. The molecule has 0 spiro atoms. The number of rotatable bonds is 5. The van der Waals surface area contributed by atoms with Crippen LogP contribution in [0.1, 0.15) is 25.8 Å². The Labute approximate surface area is 164 Å². The van der Waals surface area contributed by atoms with Gasteiger partial charge in [0.05, 0.1) is 11.0 Å². The van der Waals surface area contributed by atoms with Crippen molar-refractivity contribution in [2.45, 2.75) is 38.4 Å². The van der Waals surface area contributed by atoms with Gasteiger partial charge >= 0.3 is 0 Å². The molecule has 2 heterocycles. The monoisotopic (exact) mass is 379 g/mol. The molecule has 0 fully saturated rings. The van der Waals surface area contributed by atoms with E-state index in [4.69, 9.17) is 4.98 Å². The van der Waals surface area contributed by atoms with Crippen molar-refractivity contribution < 1.29 is 4.79 Å². The van der Waals surface area contributed by atoms with Crippen molar-refractivity contribution in [1.29, 1.82) is 0 Å². The van der Waals surface area contributed by atoms with Crippen LogP contribution >= 0.6 is 11.8 Å². The number of benzene rings is 2. The fourth-order valence-electron chi connectivity index (χ4n) is 3.57. The van der Waals surface area contributed by atoms with Crippen LogP contribution in [0, 0.1) is 5.92 Å². The van der Waals surface area contributed by atoms with Gasteiger partial charge in [-0.15, -0.1) is 0 Å². The molecule has 4 rings (SSSR count). The molecule has 0 aliphatic carbocycles. The maximum absolute atomic E-state index is 13.2. The van der Waals surface area contributed by atoms with Crippen LogP contribution in [-0.2, 0) is 17.8 Å². The zero-order valence-corrected chi connectivity index (χ0v) is 16.7. The first kappa shape index (κ1) is 18.1. The summed E-state index contributed by atoms with van der Waals surface area (Å²) in [6.07, 6.45) is 2.06. The normalized spacial score (nSPS) is 14.0. The lowest BCUT2D eigenvalue weighted by atomic mass is 10.0. The Morgan fingerprint density at radius 1 is 1.15 bits per heavy atom. The lowest BCUT2D eigenvalue weighted by molar-refractivity contribution is -0.119. The van der Waals surface area contributed by atoms with Crippen molar-refractivity contribution in [3.63, 3.8) is 0 Å². The number of aryl methyl sites for hydroxylation is 1. The molecule has 1 amide bonds. The van der Waals surface area contributed by atoms with E-state index in [0.717, 1.165) is 47.0 Å². The van der Waals surface area contributed by atoms with Crippen molar-refractivity contribution >= 4 is 34.4 Å². The molecule has 1 aliphatic rings. The Balaban J connectivity index is 1.65. The zero-order valence-electron chi connectivity index (χ0n) is 15.9. The number of hydrogen-bond donors (Lipinski definition) is 0. The molecular weight excluding hydrogens is 354 g/mol. The highest BCUT2D eigenvalue weighted by Gasteiger charge is 2.24. The van der Waals surface area contributed by atoms with Crippen molar-refractivity contribution in [3.8, 4) is 0 Å². The summed E-state index contributed by atoms with van der Waals surface area (Å²) in [5.41, 5.74) is 4.31. The van der Waals surface area contributed by atoms with E-state index in [1.165, 1.54) is 5.56 Å². The van der Waals surface area contributed by atoms with Gasteiger partial charge in [-0.3, -0.25) is 4.79 Å². The number of fused-ring (bicyclic) bond motifs is 2. The highest BCUT2D eigenvalue weighted by atomic mass is 32.2. The third kappa shape index (κ3) is 3.74. The van der Waals surface area contributed by atoms with E-state index in [1.54, 1.807) is 11.8 Å². The molecule has 0 radical (unpaired) electrons. The first-order valence-corrected chi connectivity index (χ1v) is 10.6. The molecule has 0 saturated carbocycles. The molecule has 140 valence electrons. The molecular formula is C22H25N3OS. The minimum absolute atomic E-state index is 0.136. The van der Waals surface area contributed by atoms with Gasteiger partial charge in [0.2, 0.25) is 5.91 Å². The molecule has 3 aromatic rings. The number of imidazole rings is 1. The van der Waals surface area contributed by atoms with Gasteiger partial charge in [-0.1, -0.05) is 55.9 Å². The summed E-state index contributed by atoms with van der Waals surface area (Å²) in [5, 5.41) is 0.934. The number of anilines is 1. The lowest BCUT2D eigenvalue weighted by Crippen LogP contribution is -2.37. The van der Waals surface area contributed by atoms with Crippen LogP contribution in [0.3, 0.4) is 0 Å². The Kier molecular flexibility index (Phi) is 5.21. The Bertz CT molecular complexity index is 963. The van der Waals surface area contributed by atoms with Crippen molar-refractivity contribution in [3.05, 3.63) is 54.1 Å². The Hall–Kier alpha value is -2.27. The van der Waals surface area contributed by atoms with Crippen LogP contribution < -0.4 is 4.90 Å². The van der Waals surface area contributed by atoms with E-state index in [9.17, 15) is 4.79 Å². The second kappa shape index (κ2) is 7.77. The third-order valence-corrected chi connectivity index (χ3v) is 6.27. The van der Waals surface area contributed by atoms with Gasteiger partial charge in [0.25, 0.3) is 0 Å². The summed E-state index contributed by atoms with van der Waals surface area (Å²) >= 11 is 1.74. The van der Waals surface area contributed by atoms with Gasteiger partial charge < -0.3 is 9.47 Å². The molecule has 2 aromatic carbocycles. The number of amides is 1. The minimum atomic E-state index is 0.136. The summed E-state index contributed by atoms with van der Waals surface area (Å²) in [7, 11) is 0. The van der Waals surface area contributed by atoms with E-state index >= 15 is 0 Å². The lowest BCUT2D eigenvalue weighted by Gasteiger charge is -2.29. The van der Waals surface area contributed by atoms with Gasteiger partial charge in [0.15, 0.2) is 5.16 Å². The van der Waals surface area contributed by atoms with Gasteiger partial charge in [-0.2, -0.15) is 0 Å². The van der Waals surface area contributed by atoms with Gasteiger partial charge in [-0.05, 0) is 42.5 Å². The van der Waals surface area contributed by atoms with E-state index in [0.29, 0.717) is 12.5 Å². The predicted molar refractivity (Wildman–Crippen MR) is 112 cm³/mol. The molecule has 0 bridgehead atoms. The standard InChI is InChI=1S/C22H25N3OS/c1-16(2)15-27-22-23-18-10-4-6-12-20(18)25(22)14-21(26)24-13-7-9-17-8-3-5-11-19(17)24/h3-6,8,10-12,16H,7,9,13-15H2,1-2H3. The smallest absolute Gasteiger partial charge is 0.247 e. The largest absolute Gasteiger partial charge is 0.311 e. The molecule has 5 heteroatoms. The van der Waals surface area contributed by atoms with Gasteiger partial charge in [-0.25, -0.2) is 4.98 Å². The first-order chi connectivity index (χ1) is 13.1. The maximum atomic E-state index is 13.2. The summed E-state index contributed by atoms with van der Waals surface area (Å²) in [5.74, 6) is 1.70. The third-order valence-electron chi connectivity index (χ3n) is 4.87. The summed E-state index contributed by atoms with van der Waals surface area (Å²) in [4.78, 5) is 20.0. The molecule has 1 aromatic heterocycles. The topological polar surface area (TPSA) is 38.1 Å². The summed E-state index contributed by atoms with van der Waals surface area (Å²) in [6, 6.07) is 16.3. The molecule has 0 N–H and O–H groups in total. The fourth-order valence-corrected chi connectivity index (χ4v) is 4.53. The van der Waals surface area contributed by atoms with Crippen molar-refractivity contribution in [1.82, 2.24) is 9.55 Å². The van der Waals surface area contributed by atoms with Crippen LogP contribution in [0.25, 0.3) is 11.0 Å². The minimum Gasteiger partial charge on any atom is -0.311 e. The van der Waals surface area contributed by atoms with Crippen LogP contribution in [0.5, 0.6) is 0 Å². The quantitative estimate of drug-likeness (QED) is 0.600. The van der Waals surface area contributed by atoms with Crippen LogP contribution in [-0.4, -0.2) is 27.8 Å². The summed E-state index contributed by atoms with van der Waals surface area (Å²) < 4.78 is 2.09. The molecule has 0 atom stereocenters. The van der Waals surface area contributed by atoms with Crippen molar-refractivity contribution in [2.24, 2.45) is 5.92 Å². The highest BCUT2D eigenvalue weighted by molar-refractivity contribution is 7.99. The van der Waals surface area contributed by atoms with Crippen LogP contribution in [0.2, 0.25) is 0 Å². The first-order valence-electron chi connectivity index (χ1n) is 9.60. The Morgan fingerprint density at radius 2 is 1.93 bits per heavy atom. The second-order valence-electron chi connectivity index (χ2n) is 7.45. The number of aromatic nitrogens is 2. The number of carbonyl (C=O) groups excluding carboxylic acids is 1. The molecule has 0 saturated heterocycles. The van der Waals surface area contributed by atoms with Gasteiger partial charge in [0.1, 0.15) is 6.54 Å². The van der Waals surface area contributed by atoms with E-state index in [-0.39, 0.29) is 5.91 Å². The predicted octanol–water partition coefficient (Wildman–Crippen LogP) is 4.76. The average Bonchev–Trinajstić information content (AvgIpc) is 3.03. The SMILES string of the molecule is CC(C)CSc1nc2ccccc2n1CC(=O)N1CCCc2ccccc21. The van der Waals surface area contributed by atoms with E-state index in [2.05, 4.69) is 42.7 Å². The van der Waals surface area contributed by atoms with E-state index in [1.807, 2.05) is 29.2 Å². The van der Waals surface area contributed by atoms with Crippen LogP contribution in [0.4, 0.5) is 5.69 Å². The molecule has 0 unspecified atom stereocenters. The number of para-hydroxylation sites is 3. The number of nitrogens with zero attached hydrogens (tertiary/aromatic N) is 3. The number of thioether (sulfide) groups is 1. The highest BCUT2D eigenvalue weighted by Crippen LogP contribution is 2.29. The molecule has 4 nitrogen and oxygen atoms in total. The average molecular weight is 380 g/mol. The Morgan fingerprint density at radius 3 is 2.78 bits per heavy atom. The number of carbonyl (C=O) groups is 1. The zero-order chi connectivity index (χ0) is 18.8. The van der Waals surface area contributed by atoms with Gasteiger partial charge in [0, 0.05) is 18.0 Å². The van der Waals surface area contributed by atoms with E-state index < -0.39 is 0 Å². The van der Waals surface area contributed by atoms with Crippen molar-refractivity contribution in [2.75, 3.05) is 17.2 Å². The van der Waals surface area contributed by atoms with Crippen LogP contribution in [0.15, 0.2) is 53.7 Å². The maximum Gasteiger partial charge on any atom is 0.247 e.